The maximum Gasteiger partial charge on any atom is 0.323 e. The standard InChI is InChI=1S/C24H26FN3O3S/c1-17-22(26-13-12-23(17)31-15-3-14-30-2)16-32-21-10-8-20(9-11-21)28-24(29)27-19-6-4-18(25)5-7-19/h4-13H,3,14-16H2,1-2H3,(H2,27,28,29). The zero-order valence-corrected chi connectivity index (χ0v) is 18.9. The van der Waals surface area contributed by atoms with Gasteiger partial charge in [0, 0.05) is 53.9 Å². The summed E-state index contributed by atoms with van der Waals surface area (Å²) in [5, 5.41) is 5.42. The molecule has 1 heterocycles. The lowest BCUT2D eigenvalue weighted by molar-refractivity contribution is 0.172. The molecule has 0 spiro atoms. The first-order valence-electron chi connectivity index (χ1n) is 10.2. The van der Waals surface area contributed by atoms with Crippen molar-refractivity contribution in [3.05, 3.63) is 77.9 Å². The van der Waals surface area contributed by atoms with Crippen molar-refractivity contribution >= 4 is 29.2 Å². The zero-order valence-electron chi connectivity index (χ0n) is 18.1. The number of thioether (sulfide) groups is 1. The summed E-state index contributed by atoms with van der Waals surface area (Å²) in [7, 11) is 1.68. The first kappa shape index (κ1) is 23.6. The Bertz CT molecular complexity index is 1010. The summed E-state index contributed by atoms with van der Waals surface area (Å²) in [6.45, 7) is 3.29. The number of pyridine rings is 1. The molecule has 0 atom stereocenters. The molecule has 0 radical (unpaired) electrons. The number of hydrogen-bond acceptors (Lipinski definition) is 5. The van der Waals surface area contributed by atoms with E-state index in [1.807, 2.05) is 37.3 Å². The van der Waals surface area contributed by atoms with E-state index in [0.717, 1.165) is 28.3 Å². The Hall–Kier alpha value is -3.10. The fourth-order valence-corrected chi connectivity index (χ4v) is 3.78. The molecule has 0 fully saturated rings. The molecule has 1 aromatic heterocycles. The Balaban J connectivity index is 1.50. The summed E-state index contributed by atoms with van der Waals surface area (Å²) in [4.78, 5) is 17.6. The van der Waals surface area contributed by atoms with Crippen LogP contribution in [0, 0.1) is 12.7 Å². The molecule has 168 valence electrons. The number of rotatable bonds is 10. The summed E-state index contributed by atoms with van der Waals surface area (Å²) in [6, 6.07) is 14.6. The number of ether oxygens (including phenoxy) is 2. The smallest absolute Gasteiger partial charge is 0.323 e. The highest BCUT2D eigenvalue weighted by Gasteiger charge is 2.08. The number of carbonyl (C=O) groups excluding carboxylic acids is 1. The van der Waals surface area contributed by atoms with Crippen LogP contribution in [0.15, 0.2) is 65.7 Å². The number of benzene rings is 2. The van der Waals surface area contributed by atoms with Crippen LogP contribution in [0.1, 0.15) is 17.7 Å². The van der Waals surface area contributed by atoms with E-state index in [9.17, 15) is 9.18 Å². The van der Waals surface area contributed by atoms with Crippen LogP contribution in [0.25, 0.3) is 0 Å². The van der Waals surface area contributed by atoms with Gasteiger partial charge >= 0.3 is 6.03 Å². The van der Waals surface area contributed by atoms with Crippen LogP contribution in [0.2, 0.25) is 0 Å². The number of nitrogens with zero attached hydrogens (tertiary/aromatic N) is 1. The van der Waals surface area contributed by atoms with E-state index in [1.165, 1.54) is 24.3 Å². The van der Waals surface area contributed by atoms with Gasteiger partial charge < -0.3 is 20.1 Å². The maximum absolute atomic E-state index is 13.0. The molecule has 8 heteroatoms. The number of nitrogens with one attached hydrogen (secondary N) is 2. The van der Waals surface area contributed by atoms with Gasteiger partial charge in [0.25, 0.3) is 0 Å². The maximum atomic E-state index is 13.0. The Kier molecular flexibility index (Phi) is 8.89. The molecule has 2 amide bonds. The molecule has 0 aliphatic heterocycles. The third-order valence-electron chi connectivity index (χ3n) is 4.60. The number of methoxy groups -OCH3 is 1. The minimum Gasteiger partial charge on any atom is -0.493 e. The lowest BCUT2D eigenvalue weighted by Crippen LogP contribution is -2.19. The van der Waals surface area contributed by atoms with E-state index in [1.54, 1.807) is 25.1 Å². The van der Waals surface area contributed by atoms with Gasteiger partial charge in [-0.3, -0.25) is 4.98 Å². The van der Waals surface area contributed by atoms with Crippen LogP contribution in [-0.4, -0.2) is 31.3 Å². The lowest BCUT2D eigenvalue weighted by atomic mass is 10.2. The van der Waals surface area contributed by atoms with E-state index in [0.29, 0.717) is 30.3 Å². The predicted octanol–water partition coefficient (Wildman–Crippen LogP) is 5.88. The van der Waals surface area contributed by atoms with Crippen molar-refractivity contribution in [3.8, 4) is 5.75 Å². The van der Waals surface area contributed by atoms with Crippen molar-refractivity contribution in [2.24, 2.45) is 0 Å². The molecule has 3 aromatic rings. The van der Waals surface area contributed by atoms with Gasteiger partial charge in [0.2, 0.25) is 0 Å². The molecular weight excluding hydrogens is 429 g/mol. The van der Waals surface area contributed by atoms with E-state index >= 15 is 0 Å². The second-order valence-electron chi connectivity index (χ2n) is 6.97. The Morgan fingerprint density at radius 2 is 1.66 bits per heavy atom. The lowest BCUT2D eigenvalue weighted by Gasteiger charge is -2.12. The van der Waals surface area contributed by atoms with Crippen molar-refractivity contribution in [1.82, 2.24) is 4.98 Å². The van der Waals surface area contributed by atoms with Gasteiger partial charge in [-0.05, 0) is 61.5 Å². The Labute approximate surface area is 191 Å². The highest BCUT2D eigenvalue weighted by Crippen LogP contribution is 2.28. The summed E-state index contributed by atoms with van der Waals surface area (Å²) in [5.41, 5.74) is 3.19. The second-order valence-corrected chi connectivity index (χ2v) is 8.02. The highest BCUT2D eigenvalue weighted by atomic mass is 32.2. The Morgan fingerprint density at radius 3 is 2.31 bits per heavy atom. The molecular formula is C24H26FN3O3S. The topological polar surface area (TPSA) is 72.5 Å². The monoisotopic (exact) mass is 455 g/mol. The summed E-state index contributed by atoms with van der Waals surface area (Å²) < 4.78 is 23.8. The number of halogens is 1. The molecule has 3 rings (SSSR count). The molecule has 32 heavy (non-hydrogen) atoms. The van der Waals surface area contributed by atoms with E-state index in [4.69, 9.17) is 9.47 Å². The molecule has 0 saturated carbocycles. The van der Waals surface area contributed by atoms with Gasteiger partial charge in [-0.25, -0.2) is 9.18 Å². The first-order valence-corrected chi connectivity index (χ1v) is 11.2. The van der Waals surface area contributed by atoms with Gasteiger partial charge in [0.05, 0.1) is 12.3 Å². The Morgan fingerprint density at radius 1 is 1.00 bits per heavy atom. The van der Waals surface area contributed by atoms with Crippen molar-refractivity contribution in [3.63, 3.8) is 0 Å². The van der Waals surface area contributed by atoms with Crippen LogP contribution in [-0.2, 0) is 10.5 Å². The molecule has 0 aliphatic carbocycles. The fourth-order valence-electron chi connectivity index (χ4n) is 2.86. The second kappa shape index (κ2) is 12.1. The molecule has 2 N–H and O–H groups in total. The molecule has 6 nitrogen and oxygen atoms in total. The summed E-state index contributed by atoms with van der Waals surface area (Å²) >= 11 is 1.66. The van der Waals surface area contributed by atoms with Crippen molar-refractivity contribution in [2.75, 3.05) is 31.0 Å². The third-order valence-corrected chi connectivity index (χ3v) is 5.62. The largest absolute Gasteiger partial charge is 0.493 e. The van der Waals surface area contributed by atoms with E-state index < -0.39 is 0 Å². The first-order chi connectivity index (χ1) is 15.5. The molecule has 0 aliphatic rings. The number of aromatic nitrogens is 1. The van der Waals surface area contributed by atoms with E-state index in [2.05, 4.69) is 15.6 Å². The predicted molar refractivity (Wildman–Crippen MR) is 126 cm³/mol. The zero-order chi connectivity index (χ0) is 22.8. The average molecular weight is 456 g/mol. The normalized spacial score (nSPS) is 10.6. The van der Waals surface area contributed by atoms with Crippen LogP contribution < -0.4 is 15.4 Å². The number of urea groups is 1. The number of hydrogen-bond donors (Lipinski definition) is 2. The van der Waals surface area contributed by atoms with Crippen LogP contribution in [0.3, 0.4) is 0 Å². The average Bonchev–Trinajstić information content (AvgIpc) is 2.79. The molecule has 2 aromatic carbocycles. The fraction of sp³-hybridized carbons (Fsp3) is 0.250. The number of carbonyl (C=O) groups is 1. The SMILES string of the molecule is COCCCOc1ccnc(CSc2ccc(NC(=O)Nc3ccc(F)cc3)cc2)c1C. The van der Waals surface area contributed by atoms with Gasteiger partial charge in [-0.2, -0.15) is 0 Å². The molecule has 0 saturated heterocycles. The van der Waals surface area contributed by atoms with Crippen LogP contribution in [0.4, 0.5) is 20.6 Å². The van der Waals surface area contributed by atoms with Crippen LogP contribution in [0.5, 0.6) is 5.75 Å². The number of amides is 2. The molecule has 0 unspecified atom stereocenters. The molecule has 0 bridgehead atoms. The third kappa shape index (κ3) is 7.25. The van der Waals surface area contributed by atoms with Crippen molar-refractivity contribution in [1.29, 1.82) is 0 Å². The summed E-state index contributed by atoms with van der Waals surface area (Å²) in [5.74, 6) is 1.20. The van der Waals surface area contributed by atoms with Gasteiger partial charge in [-0.1, -0.05) is 0 Å². The quantitative estimate of drug-likeness (QED) is 0.295. The van der Waals surface area contributed by atoms with E-state index in [-0.39, 0.29) is 11.8 Å². The van der Waals surface area contributed by atoms with Gasteiger partial charge in [0.1, 0.15) is 11.6 Å². The van der Waals surface area contributed by atoms with Crippen molar-refractivity contribution in [2.45, 2.75) is 24.0 Å². The highest BCUT2D eigenvalue weighted by molar-refractivity contribution is 7.98. The minimum atomic E-state index is -0.390. The summed E-state index contributed by atoms with van der Waals surface area (Å²) in [6.07, 6.45) is 2.60. The van der Waals surface area contributed by atoms with Gasteiger partial charge in [-0.15, -0.1) is 11.8 Å². The van der Waals surface area contributed by atoms with Crippen LogP contribution >= 0.6 is 11.8 Å². The van der Waals surface area contributed by atoms with Crippen molar-refractivity contribution < 1.29 is 18.7 Å². The van der Waals surface area contributed by atoms with Gasteiger partial charge in [0.15, 0.2) is 0 Å². The number of anilines is 2. The minimum absolute atomic E-state index is 0.351.